The van der Waals surface area contributed by atoms with Gasteiger partial charge in [-0.25, -0.2) is 0 Å². The highest BCUT2D eigenvalue weighted by atomic mass is 15.1. The molecule has 4 aromatic carbocycles. The molecule has 0 radical (unpaired) electrons. The summed E-state index contributed by atoms with van der Waals surface area (Å²) in [6.45, 7) is 4.68. The molecule has 0 spiro atoms. The molecule has 0 fully saturated rings. The van der Waals surface area contributed by atoms with Gasteiger partial charge in [0, 0.05) is 27.1 Å². The summed E-state index contributed by atoms with van der Waals surface area (Å²) in [6.07, 6.45) is 0. The standard InChI is InChI=1S/C27H20N2/c1-27(2)17-14-15-20-18-8-3-5-11-22(18)28(25(20)16-17)24-13-7-10-21-19-9-4-6-12-23(19)29(27)26(21)24/h3-16H,1-2H3. The summed E-state index contributed by atoms with van der Waals surface area (Å²) < 4.78 is 5.01. The monoisotopic (exact) mass is 372 g/mol. The molecule has 0 amide bonds. The molecule has 138 valence electrons. The molecule has 0 saturated carbocycles. The van der Waals surface area contributed by atoms with Crippen molar-refractivity contribution in [3.63, 3.8) is 0 Å². The Hall–Kier alpha value is -3.52. The Labute approximate surface area is 168 Å². The van der Waals surface area contributed by atoms with Gasteiger partial charge in [-0.2, -0.15) is 0 Å². The minimum Gasteiger partial charge on any atom is -0.329 e. The number of benzene rings is 4. The van der Waals surface area contributed by atoms with E-state index in [1.165, 1.54) is 54.9 Å². The fraction of sp³-hybridized carbons (Fsp3) is 0.111. The fourth-order valence-corrected chi connectivity index (χ4v) is 5.50. The molecular formula is C27H20N2. The lowest BCUT2D eigenvalue weighted by atomic mass is 9.91. The lowest BCUT2D eigenvalue weighted by molar-refractivity contribution is 0.464. The highest BCUT2D eigenvalue weighted by Gasteiger charge is 2.31. The lowest BCUT2D eigenvalue weighted by Crippen LogP contribution is -2.28. The van der Waals surface area contributed by atoms with Gasteiger partial charge in [0.1, 0.15) is 0 Å². The third-order valence-electron chi connectivity index (χ3n) is 6.85. The molecule has 7 rings (SSSR count). The molecule has 1 aliphatic heterocycles. The van der Waals surface area contributed by atoms with E-state index in [0.29, 0.717) is 0 Å². The Morgan fingerprint density at radius 3 is 2.07 bits per heavy atom. The van der Waals surface area contributed by atoms with Crippen molar-refractivity contribution in [3.8, 4) is 5.69 Å². The van der Waals surface area contributed by atoms with Crippen molar-refractivity contribution in [3.05, 3.63) is 90.5 Å². The Bertz CT molecular complexity index is 1630. The zero-order valence-corrected chi connectivity index (χ0v) is 16.5. The predicted molar refractivity (Wildman–Crippen MR) is 122 cm³/mol. The second-order valence-corrected chi connectivity index (χ2v) is 8.67. The van der Waals surface area contributed by atoms with Crippen molar-refractivity contribution in [1.29, 1.82) is 0 Å². The number of hydrogen-bond donors (Lipinski definition) is 0. The number of nitrogens with zero attached hydrogens (tertiary/aromatic N) is 2. The van der Waals surface area contributed by atoms with Gasteiger partial charge in [-0.05, 0) is 43.7 Å². The number of rotatable bonds is 0. The van der Waals surface area contributed by atoms with Gasteiger partial charge in [-0.3, -0.25) is 0 Å². The van der Waals surface area contributed by atoms with Crippen LogP contribution in [0.5, 0.6) is 0 Å². The maximum atomic E-state index is 2.55. The van der Waals surface area contributed by atoms with Crippen LogP contribution in [0.25, 0.3) is 49.3 Å². The minimum atomic E-state index is -0.159. The Morgan fingerprint density at radius 2 is 1.24 bits per heavy atom. The van der Waals surface area contributed by atoms with Crippen LogP contribution in [-0.4, -0.2) is 9.13 Å². The maximum absolute atomic E-state index is 2.55. The van der Waals surface area contributed by atoms with Crippen LogP contribution >= 0.6 is 0 Å². The van der Waals surface area contributed by atoms with Crippen LogP contribution in [0, 0.1) is 0 Å². The maximum Gasteiger partial charge on any atom is 0.0744 e. The second-order valence-electron chi connectivity index (χ2n) is 8.67. The van der Waals surface area contributed by atoms with Crippen LogP contribution in [0.2, 0.25) is 0 Å². The van der Waals surface area contributed by atoms with Crippen molar-refractivity contribution in [2.75, 3.05) is 0 Å². The van der Waals surface area contributed by atoms with E-state index in [9.17, 15) is 0 Å². The van der Waals surface area contributed by atoms with Crippen molar-refractivity contribution in [1.82, 2.24) is 9.13 Å². The van der Waals surface area contributed by atoms with Gasteiger partial charge in [0.15, 0.2) is 0 Å². The number of fused-ring (bicyclic) bond motifs is 8. The molecule has 2 bridgehead atoms. The molecule has 1 aliphatic rings. The molecule has 6 aromatic rings. The van der Waals surface area contributed by atoms with E-state index < -0.39 is 0 Å². The average molecular weight is 372 g/mol. The van der Waals surface area contributed by atoms with Crippen LogP contribution in [-0.2, 0) is 5.54 Å². The smallest absolute Gasteiger partial charge is 0.0744 e. The largest absolute Gasteiger partial charge is 0.329 e. The zero-order valence-electron chi connectivity index (χ0n) is 16.5. The van der Waals surface area contributed by atoms with Crippen LogP contribution < -0.4 is 0 Å². The van der Waals surface area contributed by atoms with E-state index >= 15 is 0 Å². The van der Waals surface area contributed by atoms with Gasteiger partial charge in [0.2, 0.25) is 0 Å². The number of para-hydroxylation sites is 3. The topological polar surface area (TPSA) is 9.86 Å². The summed E-state index contributed by atoms with van der Waals surface area (Å²) >= 11 is 0. The molecule has 0 aliphatic carbocycles. The van der Waals surface area contributed by atoms with Crippen LogP contribution in [0.4, 0.5) is 0 Å². The lowest BCUT2D eigenvalue weighted by Gasteiger charge is -2.32. The molecule has 2 nitrogen and oxygen atoms in total. The minimum absolute atomic E-state index is 0.159. The number of aromatic nitrogens is 2. The molecular weight excluding hydrogens is 352 g/mol. The Morgan fingerprint density at radius 1 is 0.586 bits per heavy atom. The van der Waals surface area contributed by atoms with E-state index in [1.807, 2.05) is 0 Å². The van der Waals surface area contributed by atoms with Crippen LogP contribution in [0.3, 0.4) is 0 Å². The molecule has 0 unspecified atom stereocenters. The normalized spacial score (nSPS) is 14.8. The van der Waals surface area contributed by atoms with Crippen molar-refractivity contribution >= 4 is 43.6 Å². The summed E-state index contributed by atoms with van der Waals surface area (Å²) in [4.78, 5) is 0. The predicted octanol–water partition coefficient (Wildman–Crippen LogP) is 6.99. The second kappa shape index (κ2) is 4.90. The van der Waals surface area contributed by atoms with E-state index in [2.05, 4.69) is 108 Å². The Kier molecular flexibility index (Phi) is 2.60. The zero-order chi connectivity index (χ0) is 19.3. The summed E-state index contributed by atoms with van der Waals surface area (Å²) in [5, 5.41) is 5.28. The van der Waals surface area contributed by atoms with E-state index in [0.717, 1.165) is 0 Å². The van der Waals surface area contributed by atoms with Gasteiger partial charge in [-0.1, -0.05) is 60.7 Å². The molecule has 0 saturated heterocycles. The van der Waals surface area contributed by atoms with Gasteiger partial charge in [0.05, 0.1) is 27.8 Å². The third-order valence-corrected chi connectivity index (χ3v) is 6.85. The Balaban J connectivity index is 1.87. The molecule has 3 heterocycles. The van der Waals surface area contributed by atoms with Gasteiger partial charge >= 0.3 is 0 Å². The van der Waals surface area contributed by atoms with Crippen molar-refractivity contribution < 1.29 is 0 Å². The molecule has 0 N–H and O–H groups in total. The average Bonchev–Trinajstić information content (AvgIpc) is 3.26. The van der Waals surface area contributed by atoms with Crippen molar-refractivity contribution in [2.45, 2.75) is 19.4 Å². The molecule has 2 aromatic heterocycles. The first-order valence-electron chi connectivity index (χ1n) is 10.2. The SMILES string of the molecule is CC1(C)c2ccc3c4ccccc4n(c3c2)-c2cccc3c4ccccc4n1c23. The highest BCUT2D eigenvalue weighted by molar-refractivity contribution is 6.15. The van der Waals surface area contributed by atoms with E-state index in [-0.39, 0.29) is 5.54 Å². The number of hydrogen-bond acceptors (Lipinski definition) is 0. The van der Waals surface area contributed by atoms with E-state index in [1.54, 1.807) is 0 Å². The summed E-state index contributed by atoms with van der Waals surface area (Å²) in [7, 11) is 0. The van der Waals surface area contributed by atoms with E-state index in [4.69, 9.17) is 0 Å². The van der Waals surface area contributed by atoms with Gasteiger partial charge < -0.3 is 9.13 Å². The first-order chi connectivity index (χ1) is 14.2. The molecule has 0 atom stereocenters. The summed E-state index contributed by atoms with van der Waals surface area (Å²) in [5.41, 5.74) is 7.60. The highest BCUT2D eigenvalue weighted by Crippen LogP contribution is 2.44. The third kappa shape index (κ3) is 1.69. The summed E-state index contributed by atoms with van der Waals surface area (Å²) in [6, 6.07) is 31.3. The van der Waals surface area contributed by atoms with Crippen LogP contribution in [0.15, 0.2) is 84.9 Å². The van der Waals surface area contributed by atoms with Crippen LogP contribution in [0.1, 0.15) is 19.4 Å². The molecule has 29 heavy (non-hydrogen) atoms. The first kappa shape index (κ1) is 15.4. The van der Waals surface area contributed by atoms with Crippen molar-refractivity contribution in [2.24, 2.45) is 0 Å². The quantitative estimate of drug-likeness (QED) is 0.272. The van der Waals surface area contributed by atoms with Gasteiger partial charge in [-0.15, -0.1) is 0 Å². The summed E-state index contributed by atoms with van der Waals surface area (Å²) in [5.74, 6) is 0. The first-order valence-corrected chi connectivity index (χ1v) is 10.2. The van der Waals surface area contributed by atoms with Gasteiger partial charge in [0.25, 0.3) is 0 Å². The molecule has 2 heteroatoms. The fourth-order valence-electron chi connectivity index (χ4n) is 5.50.